The van der Waals surface area contributed by atoms with Crippen molar-refractivity contribution in [1.29, 1.82) is 0 Å². The summed E-state index contributed by atoms with van der Waals surface area (Å²) in [5.74, 6) is -1.08. The van der Waals surface area contributed by atoms with Crippen molar-refractivity contribution in [2.24, 2.45) is 0 Å². The van der Waals surface area contributed by atoms with Gasteiger partial charge in [-0.2, -0.15) is 0 Å². The average Bonchev–Trinajstić information content (AvgIpc) is 2.59. The largest absolute Gasteiger partial charge is 0.288 e. The third kappa shape index (κ3) is 3.48. The van der Waals surface area contributed by atoms with Gasteiger partial charge in [-0.1, -0.05) is 47.5 Å². The van der Waals surface area contributed by atoms with Gasteiger partial charge in [0.25, 0.3) is 11.8 Å². The van der Waals surface area contributed by atoms with Gasteiger partial charge < -0.3 is 0 Å². The van der Waals surface area contributed by atoms with E-state index in [1.807, 2.05) is 18.2 Å². The summed E-state index contributed by atoms with van der Waals surface area (Å²) in [5.41, 5.74) is 5.70. The Morgan fingerprint density at radius 1 is 0.875 bits per heavy atom. The second kappa shape index (κ2) is 6.86. The van der Waals surface area contributed by atoms with Gasteiger partial charge in [0, 0.05) is 10.4 Å². The van der Waals surface area contributed by atoms with E-state index in [-0.39, 0.29) is 16.3 Å². The molecule has 5 nitrogen and oxygen atoms in total. The number of aromatic nitrogens is 1. The van der Waals surface area contributed by atoms with Crippen molar-refractivity contribution in [2.45, 2.75) is 0 Å². The number of hydrogen-bond acceptors (Lipinski definition) is 3. The van der Waals surface area contributed by atoms with Crippen LogP contribution < -0.4 is 10.9 Å². The number of amides is 2. The number of nitrogens with one attached hydrogen (secondary N) is 2. The highest BCUT2D eigenvalue weighted by Crippen LogP contribution is 2.20. The minimum absolute atomic E-state index is 0.191. The summed E-state index contributed by atoms with van der Waals surface area (Å²) in [6.07, 6.45) is 0. The number of hydrogen-bond donors (Lipinski definition) is 2. The van der Waals surface area contributed by atoms with Crippen LogP contribution in [0, 0.1) is 0 Å². The highest BCUT2D eigenvalue weighted by atomic mass is 35.5. The lowest BCUT2D eigenvalue weighted by atomic mass is 10.2. The standard InChI is InChI=1S/C17H11Cl2N3O2/c18-11-6-7-12(13(19)9-11)16(23)21-22-17(24)15-8-5-10-3-1-2-4-14(10)20-15/h1-9H,(H,21,23)(H,22,24). The Labute approximate surface area is 147 Å². The van der Waals surface area contributed by atoms with E-state index >= 15 is 0 Å². The number of benzene rings is 2. The monoisotopic (exact) mass is 359 g/mol. The van der Waals surface area contributed by atoms with Crippen molar-refractivity contribution in [3.63, 3.8) is 0 Å². The Morgan fingerprint density at radius 2 is 1.62 bits per heavy atom. The molecule has 0 aliphatic carbocycles. The molecule has 1 heterocycles. The van der Waals surface area contributed by atoms with Crippen LogP contribution in [0.15, 0.2) is 54.6 Å². The number of halogens is 2. The summed E-state index contributed by atoms with van der Waals surface area (Å²) in [7, 11) is 0. The molecule has 0 saturated carbocycles. The average molecular weight is 360 g/mol. The number of rotatable bonds is 2. The quantitative estimate of drug-likeness (QED) is 0.686. The van der Waals surface area contributed by atoms with Gasteiger partial charge in [0.1, 0.15) is 5.69 Å². The van der Waals surface area contributed by atoms with Crippen LogP contribution in [-0.2, 0) is 0 Å². The molecule has 3 aromatic rings. The minimum Gasteiger partial charge on any atom is -0.267 e. The maximum atomic E-state index is 12.1. The lowest BCUT2D eigenvalue weighted by Gasteiger charge is -2.09. The number of carbonyl (C=O) groups excluding carboxylic acids is 2. The van der Waals surface area contributed by atoms with Gasteiger partial charge in [-0.3, -0.25) is 20.4 Å². The van der Waals surface area contributed by atoms with Gasteiger partial charge in [-0.25, -0.2) is 4.98 Å². The van der Waals surface area contributed by atoms with Crippen LogP contribution in [0.1, 0.15) is 20.8 Å². The summed E-state index contributed by atoms with van der Waals surface area (Å²) >= 11 is 11.7. The first kappa shape index (κ1) is 16.2. The molecular formula is C17H11Cl2N3O2. The van der Waals surface area contributed by atoms with Gasteiger partial charge in [0.05, 0.1) is 16.1 Å². The highest BCUT2D eigenvalue weighted by Gasteiger charge is 2.13. The summed E-state index contributed by atoms with van der Waals surface area (Å²) < 4.78 is 0. The predicted octanol–water partition coefficient (Wildman–Crippen LogP) is 3.62. The summed E-state index contributed by atoms with van der Waals surface area (Å²) in [5, 5.41) is 1.53. The molecule has 7 heteroatoms. The molecule has 2 amide bonds. The first-order valence-corrected chi connectivity index (χ1v) is 7.72. The SMILES string of the molecule is O=C(NNC(=O)c1ccc(Cl)cc1Cl)c1ccc2ccccc2n1. The second-order valence-electron chi connectivity index (χ2n) is 4.92. The fraction of sp³-hybridized carbons (Fsp3) is 0. The van der Waals surface area contributed by atoms with Crippen molar-refractivity contribution < 1.29 is 9.59 Å². The molecular weight excluding hydrogens is 349 g/mol. The van der Waals surface area contributed by atoms with E-state index < -0.39 is 11.8 Å². The first-order valence-electron chi connectivity index (χ1n) is 6.96. The number of pyridine rings is 1. The Hall–Kier alpha value is -2.63. The molecule has 0 fully saturated rings. The predicted molar refractivity (Wildman–Crippen MR) is 93.1 cm³/mol. The van der Waals surface area contributed by atoms with E-state index in [9.17, 15) is 9.59 Å². The smallest absolute Gasteiger partial charge is 0.267 e. The number of para-hydroxylation sites is 1. The third-order valence-corrected chi connectivity index (χ3v) is 3.84. The van der Waals surface area contributed by atoms with Gasteiger partial charge in [0.15, 0.2) is 0 Å². The fourth-order valence-corrected chi connectivity index (χ4v) is 2.61. The van der Waals surface area contributed by atoms with Crippen LogP contribution in [0.25, 0.3) is 10.9 Å². The zero-order valence-corrected chi connectivity index (χ0v) is 13.7. The fourth-order valence-electron chi connectivity index (χ4n) is 2.11. The maximum absolute atomic E-state index is 12.1. The lowest BCUT2D eigenvalue weighted by Crippen LogP contribution is -2.42. The molecule has 0 aliphatic rings. The number of nitrogens with zero attached hydrogens (tertiary/aromatic N) is 1. The van der Waals surface area contributed by atoms with Crippen molar-refractivity contribution in [3.05, 3.63) is 75.9 Å². The third-order valence-electron chi connectivity index (χ3n) is 3.30. The summed E-state index contributed by atoms with van der Waals surface area (Å²) in [6.45, 7) is 0. The van der Waals surface area contributed by atoms with Crippen molar-refractivity contribution >= 4 is 45.9 Å². The molecule has 0 saturated heterocycles. The number of fused-ring (bicyclic) bond motifs is 1. The zero-order chi connectivity index (χ0) is 17.1. The molecule has 0 atom stereocenters. The van der Waals surface area contributed by atoms with E-state index in [2.05, 4.69) is 15.8 Å². The van der Waals surface area contributed by atoms with E-state index in [0.29, 0.717) is 10.5 Å². The van der Waals surface area contributed by atoms with Gasteiger partial charge >= 0.3 is 0 Å². The molecule has 3 rings (SSSR count). The van der Waals surface area contributed by atoms with Crippen LogP contribution in [0.3, 0.4) is 0 Å². The van der Waals surface area contributed by atoms with Crippen molar-refractivity contribution in [2.75, 3.05) is 0 Å². The number of hydrazine groups is 1. The minimum atomic E-state index is -0.550. The first-order chi connectivity index (χ1) is 11.5. The molecule has 24 heavy (non-hydrogen) atoms. The van der Waals surface area contributed by atoms with E-state index in [1.54, 1.807) is 18.2 Å². The van der Waals surface area contributed by atoms with Crippen molar-refractivity contribution in [1.82, 2.24) is 15.8 Å². The van der Waals surface area contributed by atoms with Gasteiger partial charge in [-0.05, 0) is 30.3 Å². The topological polar surface area (TPSA) is 71.1 Å². The summed E-state index contributed by atoms with van der Waals surface area (Å²) in [6, 6.07) is 15.3. The Morgan fingerprint density at radius 3 is 2.42 bits per heavy atom. The van der Waals surface area contributed by atoms with Crippen molar-refractivity contribution in [3.8, 4) is 0 Å². The van der Waals surface area contributed by atoms with Gasteiger partial charge in [0.2, 0.25) is 0 Å². The Bertz CT molecular complexity index is 944. The van der Waals surface area contributed by atoms with Crippen LogP contribution in [0.2, 0.25) is 10.0 Å². The normalized spacial score (nSPS) is 10.4. The molecule has 2 N–H and O–H groups in total. The molecule has 0 unspecified atom stereocenters. The van der Waals surface area contributed by atoms with Crippen LogP contribution in [0.4, 0.5) is 0 Å². The lowest BCUT2D eigenvalue weighted by molar-refractivity contribution is 0.0844. The molecule has 0 radical (unpaired) electrons. The highest BCUT2D eigenvalue weighted by molar-refractivity contribution is 6.36. The van der Waals surface area contributed by atoms with Crippen LogP contribution in [-0.4, -0.2) is 16.8 Å². The second-order valence-corrected chi connectivity index (χ2v) is 5.77. The maximum Gasteiger partial charge on any atom is 0.288 e. The van der Waals surface area contributed by atoms with E-state index in [0.717, 1.165) is 5.39 Å². The summed E-state index contributed by atoms with van der Waals surface area (Å²) in [4.78, 5) is 28.4. The molecule has 120 valence electrons. The van der Waals surface area contributed by atoms with E-state index in [1.165, 1.54) is 18.2 Å². The molecule has 0 spiro atoms. The molecule has 0 aliphatic heterocycles. The van der Waals surface area contributed by atoms with Crippen LogP contribution in [0.5, 0.6) is 0 Å². The van der Waals surface area contributed by atoms with E-state index in [4.69, 9.17) is 23.2 Å². The molecule has 1 aromatic heterocycles. The van der Waals surface area contributed by atoms with Gasteiger partial charge in [-0.15, -0.1) is 0 Å². The molecule has 0 bridgehead atoms. The Kier molecular flexibility index (Phi) is 4.64. The van der Waals surface area contributed by atoms with Crippen LogP contribution >= 0.6 is 23.2 Å². The number of carbonyl (C=O) groups is 2. The Balaban J connectivity index is 1.71. The molecule has 2 aromatic carbocycles. The zero-order valence-electron chi connectivity index (χ0n) is 12.2.